The second kappa shape index (κ2) is 3.95. The quantitative estimate of drug-likeness (QED) is 0.515. The molecule has 0 aliphatic carbocycles. The summed E-state index contributed by atoms with van der Waals surface area (Å²) in [5, 5.41) is 0. The summed E-state index contributed by atoms with van der Waals surface area (Å²) in [5.74, 6) is 0.668. The van der Waals surface area contributed by atoms with E-state index in [0.717, 1.165) is 3.57 Å². The van der Waals surface area contributed by atoms with Crippen molar-refractivity contribution in [2.45, 2.75) is 6.92 Å². The molecule has 0 atom stereocenters. The van der Waals surface area contributed by atoms with Crippen LogP contribution in [0.3, 0.4) is 0 Å². The highest BCUT2D eigenvalue weighted by atomic mass is 127. The lowest BCUT2D eigenvalue weighted by Crippen LogP contribution is -2.03. The van der Waals surface area contributed by atoms with Crippen LogP contribution in [0.2, 0.25) is 0 Å². The molecule has 0 aliphatic heterocycles. The van der Waals surface area contributed by atoms with E-state index in [1.807, 2.05) is 0 Å². The molecule has 0 fully saturated rings. The zero-order valence-corrected chi connectivity index (χ0v) is 9.58. The molecule has 0 unspecified atom stereocenters. The molecule has 0 saturated carbocycles. The molecule has 0 heterocycles. The first-order valence-electron chi connectivity index (χ1n) is 3.70. The predicted octanol–water partition coefficient (Wildman–Crippen LogP) is 2.08. The standard InChI is InChI=1S/C9H10INO2/c1-5(12)6-3-4-7(13-2)8(10)9(6)11/h3-4H,11H2,1-2H3. The Hall–Kier alpha value is -0.780. The van der Waals surface area contributed by atoms with Gasteiger partial charge in [-0.15, -0.1) is 0 Å². The molecule has 0 amide bonds. The minimum atomic E-state index is -0.0296. The van der Waals surface area contributed by atoms with Gasteiger partial charge in [-0.25, -0.2) is 0 Å². The summed E-state index contributed by atoms with van der Waals surface area (Å²) in [6.07, 6.45) is 0. The Bertz CT molecular complexity index is 350. The highest BCUT2D eigenvalue weighted by Crippen LogP contribution is 2.29. The van der Waals surface area contributed by atoms with E-state index in [1.54, 1.807) is 19.2 Å². The van der Waals surface area contributed by atoms with Crippen molar-refractivity contribution in [1.29, 1.82) is 0 Å². The second-order valence-corrected chi connectivity index (χ2v) is 3.68. The summed E-state index contributed by atoms with van der Waals surface area (Å²) < 4.78 is 5.85. The summed E-state index contributed by atoms with van der Waals surface area (Å²) >= 11 is 2.06. The number of ketones is 1. The number of carbonyl (C=O) groups excluding carboxylic acids is 1. The monoisotopic (exact) mass is 291 g/mol. The number of nitrogens with two attached hydrogens (primary N) is 1. The van der Waals surface area contributed by atoms with Gasteiger partial charge >= 0.3 is 0 Å². The molecule has 13 heavy (non-hydrogen) atoms. The van der Waals surface area contributed by atoms with Gasteiger partial charge in [-0.3, -0.25) is 4.79 Å². The van der Waals surface area contributed by atoms with Crippen LogP contribution in [0.15, 0.2) is 12.1 Å². The predicted molar refractivity (Wildman–Crippen MR) is 60.1 cm³/mol. The molecular weight excluding hydrogens is 281 g/mol. The van der Waals surface area contributed by atoms with Gasteiger partial charge in [-0.2, -0.15) is 0 Å². The van der Waals surface area contributed by atoms with Crippen LogP contribution in [-0.4, -0.2) is 12.9 Å². The van der Waals surface area contributed by atoms with Crippen LogP contribution >= 0.6 is 22.6 Å². The Morgan fingerprint density at radius 1 is 1.54 bits per heavy atom. The maximum atomic E-state index is 11.1. The third-order valence-electron chi connectivity index (χ3n) is 1.74. The second-order valence-electron chi connectivity index (χ2n) is 2.60. The van der Waals surface area contributed by atoms with Crippen LogP contribution in [0.5, 0.6) is 5.75 Å². The minimum absolute atomic E-state index is 0.0296. The van der Waals surface area contributed by atoms with Gasteiger partial charge in [0.1, 0.15) is 5.75 Å². The first-order valence-corrected chi connectivity index (χ1v) is 4.78. The maximum Gasteiger partial charge on any atom is 0.161 e. The summed E-state index contributed by atoms with van der Waals surface area (Å²) in [6.45, 7) is 1.49. The molecular formula is C9H10INO2. The number of ether oxygens (including phenoxy) is 1. The zero-order valence-electron chi connectivity index (χ0n) is 7.43. The van der Waals surface area contributed by atoms with E-state index in [4.69, 9.17) is 10.5 Å². The first kappa shape index (κ1) is 10.3. The van der Waals surface area contributed by atoms with Crippen molar-refractivity contribution < 1.29 is 9.53 Å². The molecule has 0 radical (unpaired) electrons. The highest BCUT2D eigenvalue weighted by molar-refractivity contribution is 14.1. The van der Waals surface area contributed by atoms with Crippen LogP contribution in [0.1, 0.15) is 17.3 Å². The summed E-state index contributed by atoms with van der Waals surface area (Å²) in [5.41, 5.74) is 6.79. The lowest BCUT2D eigenvalue weighted by molar-refractivity contribution is 0.101. The van der Waals surface area contributed by atoms with Crippen molar-refractivity contribution in [1.82, 2.24) is 0 Å². The number of hydrogen-bond donors (Lipinski definition) is 1. The van der Waals surface area contributed by atoms with E-state index < -0.39 is 0 Å². The Morgan fingerprint density at radius 2 is 2.15 bits per heavy atom. The number of benzene rings is 1. The molecule has 2 N–H and O–H groups in total. The van der Waals surface area contributed by atoms with Crippen molar-refractivity contribution in [3.8, 4) is 5.75 Å². The molecule has 1 aromatic rings. The molecule has 0 bridgehead atoms. The van der Waals surface area contributed by atoms with Crippen LogP contribution in [-0.2, 0) is 0 Å². The van der Waals surface area contributed by atoms with Gasteiger partial charge < -0.3 is 10.5 Å². The number of anilines is 1. The van der Waals surface area contributed by atoms with E-state index in [-0.39, 0.29) is 5.78 Å². The van der Waals surface area contributed by atoms with E-state index in [0.29, 0.717) is 17.0 Å². The number of halogens is 1. The van der Waals surface area contributed by atoms with Gasteiger partial charge in [-0.05, 0) is 41.6 Å². The van der Waals surface area contributed by atoms with Gasteiger partial charge in [0.15, 0.2) is 5.78 Å². The van der Waals surface area contributed by atoms with Crippen molar-refractivity contribution >= 4 is 34.1 Å². The Balaban J connectivity index is 3.31. The van der Waals surface area contributed by atoms with Crippen molar-refractivity contribution in [3.63, 3.8) is 0 Å². The highest BCUT2D eigenvalue weighted by Gasteiger charge is 2.11. The van der Waals surface area contributed by atoms with Gasteiger partial charge in [0.2, 0.25) is 0 Å². The van der Waals surface area contributed by atoms with E-state index in [2.05, 4.69) is 22.6 Å². The molecule has 4 heteroatoms. The molecule has 0 aliphatic rings. The van der Waals surface area contributed by atoms with Gasteiger partial charge in [0.05, 0.1) is 16.4 Å². The smallest absolute Gasteiger partial charge is 0.161 e. The number of rotatable bonds is 2. The first-order chi connectivity index (χ1) is 6.07. The number of Topliss-reactive ketones (excluding diaryl/α,β-unsaturated/α-hetero) is 1. The Morgan fingerprint density at radius 3 is 2.62 bits per heavy atom. The minimum Gasteiger partial charge on any atom is -0.496 e. The van der Waals surface area contributed by atoms with Crippen LogP contribution in [0.4, 0.5) is 5.69 Å². The van der Waals surface area contributed by atoms with Gasteiger partial charge in [0.25, 0.3) is 0 Å². The van der Waals surface area contributed by atoms with E-state index in [9.17, 15) is 4.79 Å². The zero-order chi connectivity index (χ0) is 10.0. The van der Waals surface area contributed by atoms with Gasteiger partial charge in [-0.1, -0.05) is 0 Å². The topological polar surface area (TPSA) is 52.3 Å². The summed E-state index contributed by atoms with van der Waals surface area (Å²) in [7, 11) is 1.57. The van der Waals surface area contributed by atoms with Crippen LogP contribution in [0, 0.1) is 3.57 Å². The number of methoxy groups -OCH3 is 1. The van der Waals surface area contributed by atoms with Gasteiger partial charge in [0, 0.05) is 5.56 Å². The molecule has 0 saturated heterocycles. The molecule has 3 nitrogen and oxygen atoms in total. The van der Waals surface area contributed by atoms with Crippen molar-refractivity contribution in [2.75, 3.05) is 12.8 Å². The van der Waals surface area contributed by atoms with Crippen LogP contribution < -0.4 is 10.5 Å². The van der Waals surface area contributed by atoms with Crippen molar-refractivity contribution in [3.05, 3.63) is 21.3 Å². The third kappa shape index (κ3) is 1.93. The average Bonchev–Trinajstić information content (AvgIpc) is 2.09. The largest absolute Gasteiger partial charge is 0.496 e. The SMILES string of the molecule is COc1ccc(C(C)=O)c(N)c1I. The van der Waals surface area contributed by atoms with E-state index >= 15 is 0 Å². The molecule has 0 spiro atoms. The Kier molecular flexibility index (Phi) is 3.13. The molecule has 0 aromatic heterocycles. The van der Waals surface area contributed by atoms with E-state index in [1.165, 1.54) is 6.92 Å². The average molecular weight is 291 g/mol. The molecule has 1 rings (SSSR count). The number of hydrogen-bond acceptors (Lipinski definition) is 3. The fourth-order valence-electron chi connectivity index (χ4n) is 1.04. The molecule has 1 aromatic carbocycles. The number of nitrogen functional groups attached to an aromatic ring is 1. The summed E-state index contributed by atoms with van der Waals surface area (Å²) in [6, 6.07) is 3.42. The Labute approximate surface area is 90.4 Å². The van der Waals surface area contributed by atoms with Crippen LogP contribution in [0.25, 0.3) is 0 Å². The lowest BCUT2D eigenvalue weighted by Gasteiger charge is -2.08. The summed E-state index contributed by atoms with van der Waals surface area (Å²) in [4.78, 5) is 11.1. The normalized spacial score (nSPS) is 9.77. The third-order valence-corrected chi connectivity index (χ3v) is 2.86. The fraction of sp³-hybridized carbons (Fsp3) is 0.222. The lowest BCUT2D eigenvalue weighted by atomic mass is 10.1. The fourth-order valence-corrected chi connectivity index (χ4v) is 1.73. The number of carbonyl (C=O) groups is 1. The maximum absolute atomic E-state index is 11.1. The molecule has 70 valence electrons. The van der Waals surface area contributed by atoms with Crippen molar-refractivity contribution in [2.24, 2.45) is 0 Å².